The van der Waals surface area contributed by atoms with Crippen LogP contribution >= 0.6 is 0 Å². The molecule has 1 saturated carbocycles. The first kappa shape index (κ1) is 24.6. The second kappa shape index (κ2) is 9.27. The number of nitrogens with two attached hydrogens (primary N) is 1. The van der Waals surface area contributed by atoms with Gasteiger partial charge in [-0.15, -0.1) is 0 Å². The fourth-order valence-corrected chi connectivity index (χ4v) is 4.89. The lowest BCUT2D eigenvalue weighted by molar-refractivity contribution is -0.126. The van der Waals surface area contributed by atoms with Gasteiger partial charge in [-0.1, -0.05) is 0 Å². The van der Waals surface area contributed by atoms with Crippen LogP contribution in [0.15, 0.2) is 12.3 Å². The van der Waals surface area contributed by atoms with Crippen LogP contribution in [0.3, 0.4) is 0 Å². The Hall–Kier alpha value is -2.50. The first-order chi connectivity index (χ1) is 15.9. The molecule has 2 fully saturated rings. The number of hydrogen-bond donors (Lipinski definition) is 2. The second-order valence-electron chi connectivity index (χ2n) is 9.47. The van der Waals surface area contributed by atoms with E-state index in [2.05, 4.69) is 15.4 Å². The highest BCUT2D eigenvalue weighted by molar-refractivity contribution is 5.79. The smallest absolute Gasteiger partial charge is 0.364 e. The lowest BCUT2D eigenvalue weighted by atomic mass is 9.81. The highest BCUT2D eigenvalue weighted by Gasteiger charge is 2.38. The molecule has 2 aromatic heterocycles. The van der Waals surface area contributed by atoms with Gasteiger partial charge >= 0.3 is 6.18 Å². The quantitative estimate of drug-likeness (QED) is 0.607. The molecule has 1 saturated heterocycles. The van der Waals surface area contributed by atoms with Crippen LogP contribution in [0, 0.1) is 11.8 Å². The Kier molecular flexibility index (Phi) is 6.71. The predicted molar refractivity (Wildman–Crippen MR) is 116 cm³/mol. The molecule has 34 heavy (non-hydrogen) atoms. The van der Waals surface area contributed by atoms with Gasteiger partial charge in [0.2, 0.25) is 11.8 Å². The summed E-state index contributed by atoms with van der Waals surface area (Å²) < 4.78 is 67.8. The van der Waals surface area contributed by atoms with Gasteiger partial charge in [0.25, 0.3) is 0 Å². The molecule has 12 heteroatoms. The van der Waals surface area contributed by atoms with Crippen LogP contribution in [0.1, 0.15) is 56.0 Å². The Morgan fingerprint density at radius 3 is 2.65 bits per heavy atom. The normalized spacial score (nSPS) is 22.6. The molecule has 1 aliphatic carbocycles. The number of halogens is 5. The topological polar surface area (TPSA) is 88.6 Å². The van der Waals surface area contributed by atoms with Crippen LogP contribution < -0.4 is 16.0 Å². The number of imidazole rings is 1. The number of alkyl halides is 5. The van der Waals surface area contributed by atoms with E-state index in [9.17, 15) is 26.7 Å². The van der Waals surface area contributed by atoms with Gasteiger partial charge in [-0.25, -0.2) is 18.3 Å². The molecule has 2 atom stereocenters. The van der Waals surface area contributed by atoms with Gasteiger partial charge in [-0.3, -0.25) is 4.79 Å². The molecule has 188 valence electrons. The third-order valence-corrected chi connectivity index (χ3v) is 6.80. The zero-order chi connectivity index (χ0) is 24.7. The lowest BCUT2D eigenvalue weighted by Gasteiger charge is -2.31. The molecular formula is C22H29F5N6O. The second-order valence-corrected chi connectivity index (χ2v) is 9.47. The van der Waals surface area contributed by atoms with E-state index in [1.54, 1.807) is 6.20 Å². The van der Waals surface area contributed by atoms with Crippen molar-refractivity contribution in [3.63, 3.8) is 0 Å². The van der Waals surface area contributed by atoms with Crippen molar-refractivity contribution >= 4 is 17.2 Å². The van der Waals surface area contributed by atoms with E-state index in [0.717, 1.165) is 11.3 Å². The van der Waals surface area contributed by atoms with Crippen molar-refractivity contribution in [1.29, 1.82) is 0 Å². The maximum atomic E-state index is 13.5. The van der Waals surface area contributed by atoms with Crippen LogP contribution in [-0.4, -0.2) is 52.7 Å². The zero-order valence-corrected chi connectivity index (χ0v) is 18.9. The van der Waals surface area contributed by atoms with Crippen molar-refractivity contribution in [3.8, 4) is 0 Å². The molecule has 2 aromatic rings. The molecule has 4 rings (SSSR count). The van der Waals surface area contributed by atoms with Crippen molar-refractivity contribution in [3.05, 3.63) is 23.7 Å². The average molecular weight is 489 g/mol. The van der Waals surface area contributed by atoms with Crippen molar-refractivity contribution in [2.24, 2.45) is 17.6 Å². The van der Waals surface area contributed by atoms with E-state index in [4.69, 9.17) is 5.73 Å². The first-order valence-electron chi connectivity index (χ1n) is 11.5. The maximum Gasteiger partial charge on any atom is 0.405 e. The predicted octanol–water partition coefficient (Wildman–Crippen LogP) is 3.62. The number of carbonyl (C=O) groups excluding carboxylic acids is 1. The maximum absolute atomic E-state index is 13.5. The summed E-state index contributed by atoms with van der Waals surface area (Å²) >= 11 is 0. The van der Waals surface area contributed by atoms with Crippen molar-refractivity contribution < 1.29 is 26.7 Å². The SMILES string of the molecule is CN(CC(F)(F)F)c1cc2nc(C(N)C3CCC(F)(F)CC3)cn2nc1CC1CCCNC1=O. The third-order valence-electron chi connectivity index (χ3n) is 6.80. The summed E-state index contributed by atoms with van der Waals surface area (Å²) in [6.45, 7) is -0.601. The molecule has 7 nitrogen and oxygen atoms in total. The van der Waals surface area contributed by atoms with Gasteiger partial charge in [0.05, 0.1) is 29.3 Å². The van der Waals surface area contributed by atoms with E-state index in [1.807, 2.05) is 0 Å². The number of aromatic nitrogens is 3. The standard InChI is InChI=1S/C22H29F5N6O/c1-32(12-22(25,26)27)17-10-18-30-16(19(28)13-4-6-21(23,24)7-5-13)11-33(18)31-15(17)9-14-3-2-8-29-20(14)34/h10-11,13-14,19H,2-9,12,28H2,1H3,(H,29,34). The summed E-state index contributed by atoms with van der Waals surface area (Å²) in [6.07, 6.45) is -1.12. The Bertz CT molecular complexity index is 1030. The highest BCUT2D eigenvalue weighted by atomic mass is 19.4. The number of rotatable bonds is 6. The summed E-state index contributed by atoms with van der Waals surface area (Å²) in [5.74, 6) is -3.36. The molecule has 0 aromatic carbocycles. The Balaban J connectivity index is 1.64. The summed E-state index contributed by atoms with van der Waals surface area (Å²) in [6, 6.07) is 0.932. The van der Waals surface area contributed by atoms with Crippen molar-refractivity contribution in [2.45, 2.75) is 63.1 Å². The van der Waals surface area contributed by atoms with Gasteiger partial charge in [0.1, 0.15) is 6.54 Å². The summed E-state index contributed by atoms with van der Waals surface area (Å²) in [4.78, 5) is 17.8. The number of nitrogens with one attached hydrogen (secondary N) is 1. The van der Waals surface area contributed by atoms with Gasteiger partial charge in [-0.05, 0) is 31.6 Å². The van der Waals surface area contributed by atoms with E-state index >= 15 is 0 Å². The van der Waals surface area contributed by atoms with E-state index in [0.29, 0.717) is 30.0 Å². The third kappa shape index (κ3) is 5.59. The number of nitrogens with zero attached hydrogens (tertiary/aromatic N) is 4. The Morgan fingerprint density at radius 2 is 2.00 bits per heavy atom. The molecular weight excluding hydrogens is 459 g/mol. The van der Waals surface area contributed by atoms with Crippen LogP contribution in [-0.2, 0) is 11.2 Å². The molecule has 2 aliphatic rings. The minimum atomic E-state index is -4.42. The van der Waals surface area contributed by atoms with Crippen LogP contribution in [0.5, 0.6) is 0 Å². The van der Waals surface area contributed by atoms with Crippen LogP contribution in [0.2, 0.25) is 0 Å². The molecule has 3 heterocycles. The fraction of sp³-hybridized carbons (Fsp3) is 0.682. The van der Waals surface area contributed by atoms with Gasteiger partial charge in [0.15, 0.2) is 5.65 Å². The average Bonchev–Trinajstić information content (AvgIpc) is 3.16. The van der Waals surface area contributed by atoms with Crippen molar-refractivity contribution in [2.75, 3.05) is 25.0 Å². The molecule has 0 radical (unpaired) electrons. The number of carbonyl (C=O) groups is 1. The van der Waals surface area contributed by atoms with Gasteiger partial charge in [-0.2, -0.15) is 18.3 Å². The zero-order valence-electron chi connectivity index (χ0n) is 18.9. The molecule has 1 amide bonds. The number of fused-ring (bicyclic) bond motifs is 1. The van der Waals surface area contributed by atoms with Gasteiger partial charge < -0.3 is 16.0 Å². The number of amides is 1. The summed E-state index contributed by atoms with van der Waals surface area (Å²) in [5.41, 5.74) is 7.72. The van der Waals surface area contributed by atoms with E-state index < -0.39 is 24.7 Å². The fourth-order valence-electron chi connectivity index (χ4n) is 4.89. The summed E-state index contributed by atoms with van der Waals surface area (Å²) in [7, 11) is 1.32. The molecule has 2 unspecified atom stereocenters. The van der Waals surface area contributed by atoms with E-state index in [1.165, 1.54) is 17.6 Å². The number of hydrogen-bond acceptors (Lipinski definition) is 5. The van der Waals surface area contributed by atoms with Crippen molar-refractivity contribution in [1.82, 2.24) is 19.9 Å². The monoisotopic (exact) mass is 488 g/mol. The molecule has 0 spiro atoms. The highest BCUT2D eigenvalue weighted by Crippen LogP contribution is 2.40. The van der Waals surface area contributed by atoms with Crippen LogP contribution in [0.4, 0.5) is 27.6 Å². The number of piperidine rings is 1. The summed E-state index contributed by atoms with van der Waals surface area (Å²) in [5, 5.41) is 7.30. The number of anilines is 1. The molecule has 3 N–H and O–H groups in total. The van der Waals surface area contributed by atoms with Gasteiger partial charge in [0, 0.05) is 44.8 Å². The first-order valence-corrected chi connectivity index (χ1v) is 11.5. The Labute approximate surface area is 193 Å². The van der Waals surface area contributed by atoms with E-state index in [-0.39, 0.29) is 55.5 Å². The minimum Gasteiger partial charge on any atom is -0.364 e. The molecule has 1 aliphatic heterocycles. The molecule has 0 bridgehead atoms. The Morgan fingerprint density at radius 1 is 1.29 bits per heavy atom. The lowest BCUT2D eigenvalue weighted by Crippen LogP contribution is -2.38. The van der Waals surface area contributed by atoms with Crippen LogP contribution in [0.25, 0.3) is 5.65 Å². The largest absolute Gasteiger partial charge is 0.405 e. The minimum absolute atomic E-state index is 0.139.